The van der Waals surface area contributed by atoms with Crippen molar-refractivity contribution in [2.75, 3.05) is 18.6 Å². The van der Waals surface area contributed by atoms with Gasteiger partial charge in [-0.05, 0) is 91.6 Å². The van der Waals surface area contributed by atoms with E-state index >= 15 is 0 Å². The molecule has 0 aliphatic rings. The van der Waals surface area contributed by atoms with Crippen LogP contribution in [0, 0.1) is 29.3 Å². The number of carbonyl (C=O) groups is 1. The van der Waals surface area contributed by atoms with Crippen LogP contribution in [0.4, 0.5) is 11.5 Å². The van der Waals surface area contributed by atoms with E-state index in [0.29, 0.717) is 17.9 Å². The van der Waals surface area contributed by atoms with Gasteiger partial charge in [0.05, 0.1) is 24.5 Å². The molecule has 0 fully saturated rings. The lowest BCUT2D eigenvalue weighted by atomic mass is 10.1. The Bertz CT molecular complexity index is 1130. The van der Waals surface area contributed by atoms with E-state index in [9.17, 15) is 4.79 Å². The summed E-state index contributed by atoms with van der Waals surface area (Å²) in [4.78, 5) is 19.2. The first-order chi connectivity index (χ1) is 13.8. The van der Waals surface area contributed by atoms with E-state index in [-0.39, 0.29) is 11.9 Å². The fraction of sp³-hybridized carbons (Fsp3) is 0.318. The van der Waals surface area contributed by atoms with Gasteiger partial charge < -0.3 is 4.74 Å². The smallest absolute Gasteiger partial charge is 0.308 e. The molecule has 150 valence electrons. The number of methoxy groups -OCH3 is 1. The fourth-order valence-corrected chi connectivity index (χ4v) is 3.71. The largest absolute Gasteiger partial charge is 0.382 e. The minimum absolute atomic E-state index is 0.0856. The van der Waals surface area contributed by atoms with Gasteiger partial charge in [0.1, 0.15) is 16.9 Å². The van der Waals surface area contributed by atoms with Crippen molar-refractivity contribution in [3.63, 3.8) is 0 Å². The monoisotopic (exact) mass is 502 g/mol. The number of aryl methyl sites for hydroxylation is 2. The first kappa shape index (κ1) is 21.3. The molecule has 1 aromatic carbocycles. The predicted molar refractivity (Wildman–Crippen MR) is 123 cm³/mol. The highest BCUT2D eigenvalue weighted by atomic mass is 127. The fourth-order valence-electron chi connectivity index (χ4n) is 3.09. The zero-order valence-electron chi connectivity index (χ0n) is 17.2. The zero-order chi connectivity index (χ0) is 21.1. The van der Waals surface area contributed by atoms with E-state index in [1.807, 2.05) is 49.8 Å². The molecule has 2 heterocycles. The molecule has 3 rings (SSSR count). The maximum atomic E-state index is 12.9. The molecule has 1 unspecified atom stereocenters. The first-order valence-corrected chi connectivity index (χ1v) is 10.3. The van der Waals surface area contributed by atoms with E-state index < -0.39 is 0 Å². The highest BCUT2D eigenvalue weighted by Gasteiger charge is 2.21. The molecule has 1 atom stereocenters. The highest BCUT2D eigenvalue weighted by molar-refractivity contribution is 14.1. The molecule has 7 heteroatoms. The van der Waals surface area contributed by atoms with E-state index in [1.165, 1.54) is 0 Å². The number of halogens is 1. The summed E-state index contributed by atoms with van der Waals surface area (Å²) in [7, 11) is 1.67. The average molecular weight is 502 g/mol. The van der Waals surface area contributed by atoms with Crippen molar-refractivity contribution in [3.8, 4) is 11.8 Å². The normalized spacial score (nSPS) is 11.8. The lowest BCUT2D eigenvalue weighted by Crippen LogP contribution is -2.26. The van der Waals surface area contributed by atoms with Gasteiger partial charge in [-0.3, -0.25) is 14.4 Å². The van der Waals surface area contributed by atoms with Crippen LogP contribution in [0.15, 0.2) is 30.5 Å². The van der Waals surface area contributed by atoms with Crippen LogP contribution in [0.5, 0.6) is 0 Å². The zero-order valence-corrected chi connectivity index (χ0v) is 19.3. The van der Waals surface area contributed by atoms with Crippen molar-refractivity contribution in [1.82, 2.24) is 14.8 Å². The van der Waals surface area contributed by atoms with Crippen molar-refractivity contribution in [2.24, 2.45) is 0 Å². The predicted octanol–water partition coefficient (Wildman–Crippen LogP) is 4.55. The number of nitrogens with zero attached hydrogens (tertiary/aromatic N) is 4. The third kappa shape index (κ3) is 4.43. The van der Waals surface area contributed by atoms with E-state index in [1.54, 1.807) is 18.9 Å². The average Bonchev–Trinajstić information content (AvgIpc) is 3.10. The van der Waals surface area contributed by atoms with Crippen LogP contribution in [0.25, 0.3) is 11.0 Å². The Labute approximate surface area is 184 Å². The number of carbonyl (C=O) groups excluding carboxylic acids is 1. The molecule has 0 spiro atoms. The van der Waals surface area contributed by atoms with E-state index in [2.05, 4.69) is 45.6 Å². The summed E-state index contributed by atoms with van der Waals surface area (Å²) in [6.07, 6.45) is 1.88. The second-order valence-corrected chi connectivity index (χ2v) is 8.05. The Morgan fingerprint density at radius 1 is 1.28 bits per heavy atom. The quantitative estimate of drug-likeness (QED) is 0.380. The number of aromatic nitrogens is 3. The maximum Gasteiger partial charge on any atom is 0.308 e. The van der Waals surface area contributed by atoms with Crippen molar-refractivity contribution >= 4 is 51.0 Å². The number of fused-ring (bicyclic) bond motifs is 1. The van der Waals surface area contributed by atoms with Crippen LogP contribution < -0.4 is 4.90 Å². The number of hydrogen-bond donors (Lipinski definition) is 0. The Balaban J connectivity index is 2.13. The van der Waals surface area contributed by atoms with Crippen LogP contribution in [-0.4, -0.2) is 34.4 Å². The Kier molecular flexibility index (Phi) is 6.55. The molecule has 0 saturated carbocycles. The molecular formula is C22H23IN4O2. The molecule has 0 aliphatic carbocycles. The number of benzene rings is 1. The first-order valence-electron chi connectivity index (χ1n) is 9.24. The lowest BCUT2D eigenvalue weighted by Gasteiger charge is -2.22. The summed E-state index contributed by atoms with van der Waals surface area (Å²) >= 11 is 2.30. The summed E-state index contributed by atoms with van der Waals surface area (Å²) < 4.78 is 8.20. The van der Waals surface area contributed by atoms with Gasteiger partial charge in [0.25, 0.3) is 0 Å². The van der Waals surface area contributed by atoms with Crippen molar-refractivity contribution < 1.29 is 9.53 Å². The SMILES string of the molecule is CC#CC(=O)N(c1ccc2nn(C(C)COC)cc2n1)c1cc(C)c(I)cc1C. The molecule has 29 heavy (non-hydrogen) atoms. The number of ether oxygens (including phenoxy) is 1. The molecule has 3 aromatic rings. The molecule has 1 amide bonds. The number of anilines is 2. The molecule has 0 N–H and O–H groups in total. The van der Waals surface area contributed by atoms with E-state index in [4.69, 9.17) is 9.72 Å². The molecular weight excluding hydrogens is 479 g/mol. The van der Waals surface area contributed by atoms with Crippen molar-refractivity contribution in [2.45, 2.75) is 33.7 Å². The summed E-state index contributed by atoms with van der Waals surface area (Å²) in [6.45, 7) is 8.25. The second kappa shape index (κ2) is 8.93. The highest BCUT2D eigenvalue weighted by Crippen LogP contribution is 2.31. The third-order valence-corrected chi connectivity index (χ3v) is 5.77. The topological polar surface area (TPSA) is 60.2 Å². The summed E-state index contributed by atoms with van der Waals surface area (Å²) in [6, 6.07) is 7.84. The van der Waals surface area contributed by atoms with Gasteiger partial charge >= 0.3 is 5.91 Å². The lowest BCUT2D eigenvalue weighted by molar-refractivity contribution is -0.112. The van der Waals surface area contributed by atoms with Gasteiger partial charge in [0, 0.05) is 10.7 Å². The Morgan fingerprint density at radius 2 is 2.03 bits per heavy atom. The number of hydrogen-bond acceptors (Lipinski definition) is 4. The maximum absolute atomic E-state index is 12.9. The van der Waals surface area contributed by atoms with Gasteiger partial charge in [0.15, 0.2) is 0 Å². The van der Waals surface area contributed by atoms with Crippen LogP contribution in [0.3, 0.4) is 0 Å². The van der Waals surface area contributed by atoms with Crippen LogP contribution >= 0.6 is 22.6 Å². The molecule has 6 nitrogen and oxygen atoms in total. The number of amides is 1. The van der Waals surface area contributed by atoms with Gasteiger partial charge in [-0.25, -0.2) is 4.98 Å². The Hall–Kier alpha value is -2.44. The minimum atomic E-state index is -0.316. The van der Waals surface area contributed by atoms with E-state index in [0.717, 1.165) is 25.9 Å². The van der Waals surface area contributed by atoms with Gasteiger partial charge in [0.2, 0.25) is 0 Å². The molecule has 0 saturated heterocycles. The third-order valence-electron chi connectivity index (χ3n) is 4.61. The van der Waals surface area contributed by atoms with Crippen LogP contribution in [0.1, 0.15) is 31.0 Å². The summed E-state index contributed by atoms with van der Waals surface area (Å²) in [5, 5.41) is 4.57. The van der Waals surface area contributed by atoms with Gasteiger partial charge in [-0.1, -0.05) is 5.92 Å². The van der Waals surface area contributed by atoms with Crippen molar-refractivity contribution in [1.29, 1.82) is 0 Å². The van der Waals surface area contributed by atoms with Crippen molar-refractivity contribution in [3.05, 3.63) is 45.2 Å². The van der Waals surface area contributed by atoms with Crippen LogP contribution in [-0.2, 0) is 9.53 Å². The molecule has 2 aromatic heterocycles. The van der Waals surface area contributed by atoms with Gasteiger partial charge in [-0.2, -0.15) is 5.10 Å². The minimum Gasteiger partial charge on any atom is -0.382 e. The Morgan fingerprint density at radius 3 is 2.72 bits per heavy atom. The number of rotatable bonds is 5. The molecule has 0 bridgehead atoms. The number of pyridine rings is 1. The molecule has 0 aliphatic heterocycles. The van der Waals surface area contributed by atoms with Gasteiger partial charge in [-0.15, -0.1) is 0 Å². The summed E-state index contributed by atoms with van der Waals surface area (Å²) in [5.41, 5.74) is 4.34. The summed E-state index contributed by atoms with van der Waals surface area (Å²) in [5.74, 6) is 5.56. The molecule has 0 radical (unpaired) electrons. The van der Waals surface area contributed by atoms with Crippen LogP contribution in [0.2, 0.25) is 0 Å². The second-order valence-electron chi connectivity index (χ2n) is 6.89. The standard InChI is InChI=1S/C22H23IN4O2/c1-6-7-22(28)27(20-11-14(2)17(23)10-15(20)3)21-9-8-18-19(24-21)12-26(25-18)16(4)13-29-5/h8-12,16H,13H2,1-5H3.